The molecule has 0 radical (unpaired) electrons. The number of benzene rings is 2. The van der Waals surface area contributed by atoms with Gasteiger partial charge in [-0.15, -0.1) is 0 Å². The van der Waals surface area contributed by atoms with Crippen LogP contribution in [0, 0.1) is 0 Å². The summed E-state index contributed by atoms with van der Waals surface area (Å²) in [5.74, 6) is 0.163. The number of quaternary nitrogens is 1. The smallest absolute Gasteiger partial charge is 0.261 e. The Morgan fingerprint density at radius 2 is 1.90 bits per heavy atom. The van der Waals surface area contributed by atoms with Gasteiger partial charge in [-0.25, -0.2) is 0 Å². The number of anilines is 2. The van der Waals surface area contributed by atoms with E-state index in [1.54, 1.807) is 17.0 Å². The minimum absolute atomic E-state index is 0.241. The molecule has 0 aliphatic carbocycles. The zero-order valence-corrected chi connectivity index (χ0v) is 19.0. The number of hydrogen-bond donors (Lipinski definition) is 3. The molecular formula is C21H26BrN4O2S+. The Balaban J connectivity index is 1.57. The summed E-state index contributed by atoms with van der Waals surface area (Å²) in [6.45, 7) is 7.90. The van der Waals surface area contributed by atoms with Gasteiger partial charge < -0.3 is 19.9 Å². The number of thiocarbonyl (C=S) groups is 1. The van der Waals surface area contributed by atoms with Gasteiger partial charge in [-0.2, -0.15) is 0 Å². The zero-order chi connectivity index (χ0) is 20.8. The SMILES string of the molecule is CC[NH+]1CCN(c2ccc(NC(=S)NC(=O)c3cc(Br)ccc3OC)cc2)CC1. The summed E-state index contributed by atoms with van der Waals surface area (Å²) in [5, 5.41) is 6.01. The van der Waals surface area contributed by atoms with Crippen LogP contribution in [0.25, 0.3) is 0 Å². The molecular weight excluding hydrogens is 452 g/mol. The number of methoxy groups -OCH3 is 1. The molecule has 1 amide bonds. The predicted octanol–water partition coefficient (Wildman–Crippen LogP) is 2.31. The van der Waals surface area contributed by atoms with Crippen LogP contribution in [0.4, 0.5) is 11.4 Å². The summed E-state index contributed by atoms with van der Waals surface area (Å²) >= 11 is 8.67. The molecule has 1 saturated heterocycles. The largest absolute Gasteiger partial charge is 0.496 e. The number of ether oxygens (including phenoxy) is 1. The average Bonchev–Trinajstić information content (AvgIpc) is 2.74. The lowest BCUT2D eigenvalue weighted by atomic mass is 10.2. The van der Waals surface area contributed by atoms with Crippen molar-refractivity contribution in [1.82, 2.24) is 5.32 Å². The molecule has 1 aliphatic heterocycles. The van der Waals surface area contributed by atoms with Gasteiger partial charge in [-0.1, -0.05) is 15.9 Å². The Kier molecular flexibility index (Phi) is 7.46. The Hall–Kier alpha value is -2.16. The van der Waals surface area contributed by atoms with Crippen LogP contribution in [0.15, 0.2) is 46.9 Å². The Morgan fingerprint density at radius 3 is 2.52 bits per heavy atom. The Bertz CT molecular complexity index is 867. The van der Waals surface area contributed by atoms with E-state index in [1.165, 1.54) is 32.4 Å². The quantitative estimate of drug-likeness (QED) is 0.576. The molecule has 154 valence electrons. The van der Waals surface area contributed by atoms with Gasteiger partial charge in [0.2, 0.25) is 0 Å². The van der Waals surface area contributed by atoms with E-state index in [4.69, 9.17) is 17.0 Å². The third-order valence-corrected chi connectivity index (χ3v) is 5.79. The van der Waals surface area contributed by atoms with Gasteiger partial charge in [0.05, 0.1) is 45.4 Å². The van der Waals surface area contributed by atoms with Crippen LogP contribution in [-0.4, -0.2) is 50.9 Å². The minimum Gasteiger partial charge on any atom is -0.496 e. The van der Waals surface area contributed by atoms with Gasteiger partial charge >= 0.3 is 0 Å². The first kappa shape index (κ1) is 21.5. The monoisotopic (exact) mass is 477 g/mol. The molecule has 8 heteroatoms. The molecule has 1 aliphatic rings. The maximum atomic E-state index is 12.5. The summed E-state index contributed by atoms with van der Waals surface area (Å²) in [4.78, 5) is 16.6. The number of likely N-dealkylation sites (N-methyl/N-ethyl adjacent to an activating group) is 1. The van der Waals surface area contributed by atoms with Crippen molar-refractivity contribution >= 4 is 50.5 Å². The van der Waals surface area contributed by atoms with Crippen molar-refractivity contribution in [1.29, 1.82) is 0 Å². The van der Waals surface area contributed by atoms with E-state index in [2.05, 4.69) is 50.5 Å². The maximum Gasteiger partial charge on any atom is 0.261 e. The van der Waals surface area contributed by atoms with Crippen molar-refractivity contribution in [3.05, 3.63) is 52.5 Å². The number of amides is 1. The van der Waals surface area contributed by atoms with Crippen LogP contribution in [-0.2, 0) is 0 Å². The highest BCUT2D eigenvalue weighted by atomic mass is 79.9. The molecule has 0 unspecified atom stereocenters. The van der Waals surface area contributed by atoms with E-state index in [9.17, 15) is 4.79 Å². The first-order chi connectivity index (χ1) is 14.0. The van der Waals surface area contributed by atoms with Crippen LogP contribution >= 0.6 is 28.1 Å². The predicted molar refractivity (Wildman–Crippen MR) is 124 cm³/mol. The highest BCUT2D eigenvalue weighted by Crippen LogP contribution is 2.23. The maximum absolute atomic E-state index is 12.5. The number of carbonyl (C=O) groups excluding carboxylic acids is 1. The fourth-order valence-electron chi connectivity index (χ4n) is 3.38. The fourth-order valence-corrected chi connectivity index (χ4v) is 3.95. The second-order valence-corrected chi connectivity index (χ2v) is 8.21. The average molecular weight is 478 g/mol. The van der Waals surface area contributed by atoms with Crippen molar-refractivity contribution in [3.63, 3.8) is 0 Å². The lowest BCUT2D eigenvalue weighted by Gasteiger charge is -2.33. The lowest BCUT2D eigenvalue weighted by Crippen LogP contribution is -3.14. The molecule has 6 nitrogen and oxygen atoms in total. The molecule has 3 rings (SSSR count). The second-order valence-electron chi connectivity index (χ2n) is 6.89. The number of piperazine rings is 1. The van der Waals surface area contributed by atoms with Crippen molar-refractivity contribution in [2.75, 3.05) is 50.1 Å². The van der Waals surface area contributed by atoms with Crippen LogP contribution < -0.4 is 25.2 Å². The van der Waals surface area contributed by atoms with Crippen LogP contribution in [0.2, 0.25) is 0 Å². The highest BCUT2D eigenvalue weighted by molar-refractivity contribution is 9.10. The van der Waals surface area contributed by atoms with Gasteiger partial charge in [-0.3, -0.25) is 10.1 Å². The molecule has 2 aromatic carbocycles. The van der Waals surface area contributed by atoms with Gasteiger partial charge in [0.15, 0.2) is 5.11 Å². The van der Waals surface area contributed by atoms with Gasteiger partial charge in [0, 0.05) is 15.8 Å². The molecule has 1 fully saturated rings. The van der Waals surface area contributed by atoms with Crippen molar-refractivity contribution < 1.29 is 14.4 Å². The second kappa shape index (κ2) is 10.0. The van der Waals surface area contributed by atoms with E-state index < -0.39 is 0 Å². The molecule has 2 aromatic rings. The Morgan fingerprint density at radius 1 is 1.21 bits per heavy atom. The summed E-state index contributed by atoms with van der Waals surface area (Å²) in [6, 6.07) is 13.4. The van der Waals surface area contributed by atoms with Gasteiger partial charge in [0.25, 0.3) is 5.91 Å². The molecule has 0 saturated carbocycles. The Labute approximate surface area is 185 Å². The molecule has 0 aromatic heterocycles. The summed E-state index contributed by atoms with van der Waals surface area (Å²) in [7, 11) is 1.53. The van der Waals surface area contributed by atoms with Crippen LogP contribution in [0.1, 0.15) is 17.3 Å². The molecule has 29 heavy (non-hydrogen) atoms. The number of carbonyl (C=O) groups is 1. The summed E-state index contributed by atoms with van der Waals surface area (Å²) in [5.41, 5.74) is 2.45. The van der Waals surface area contributed by atoms with Gasteiger partial charge in [-0.05, 0) is 61.6 Å². The topological polar surface area (TPSA) is 58.0 Å². The third kappa shape index (κ3) is 5.68. The van der Waals surface area contributed by atoms with Gasteiger partial charge in [0.1, 0.15) is 5.75 Å². The van der Waals surface area contributed by atoms with E-state index in [-0.39, 0.29) is 11.0 Å². The number of rotatable bonds is 5. The summed E-state index contributed by atoms with van der Waals surface area (Å²) < 4.78 is 6.05. The van der Waals surface area contributed by atoms with E-state index in [0.29, 0.717) is 11.3 Å². The standard InChI is InChI=1S/C21H25BrN4O2S/c1-3-25-10-12-26(13-11-25)17-7-5-16(6-8-17)23-21(29)24-20(27)18-14-15(22)4-9-19(18)28-2/h4-9,14H,3,10-13H2,1-2H3,(H2,23,24,27,29)/p+1. The first-order valence-electron chi connectivity index (χ1n) is 9.64. The third-order valence-electron chi connectivity index (χ3n) is 5.09. The lowest BCUT2D eigenvalue weighted by molar-refractivity contribution is -0.898. The summed E-state index contributed by atoms with van der Waals surface area (Å²) in [6.07, 6.45) is 0. The number of hydrogen-bond acceptors (Lipinski definition) is 4. The first-order valence-corrected chi connectivity index (χ1v) is 10.8. The van der Waals surface area contributed by atoms with E-state index in [1.807, 2.05) is 18.2 Å². The molecule has 0 spiro atoms. The minimum atomic E-state index is -0.325. The number of halogens is 1. The van der Waals surface area contributed by atoms with Crippen LogP contribution in [0.3, 0.4) is 0 Å². The van der Waals surface area contributed by atoms with E-state index >= 15 is 0 Å². The normalized spacial score (nSPS) is 14.4. The van der Waals surface area contributed by atoms with Crippen molar-refractivity contribution in [2.45, 2.75) is 6.92 Å². The molecule has 0 atom stereocenters. The molecule has 3 N–H and O–H groups in total. The van der Waals surface area contributed by atoms with Crippen LogP contribution in [0.5, 0.6) is 5.75 Å². The van der Waals surface area contributed by atoms with E-state index in [0.717, 1.165) is 23.2 Å². The molecule has 1 heterocycles. The molecule has 0 bridgehead atoms. The number of nitrogens with zero attached hydrogens (tertiary/aromatic N) is 1. The van der Waals surface area contributed by atoms with Crippen molar-refractivity contribution in [3.8, 4) is 5.75 Å². The fraction of sp³-hybridized carbons (Fsp3) is 0.333. The zero-order valence-electron chi connectivity index (χ0n) is 16.6. The number of nitrogens with one attached hydrogen (secondary N) is 3. The van der Waals surface area contributed by atoms with Crippen molar-refractivity contribution in [2.24, 2.45) is 0 Å². The highest BCUT2D eigenvalue weighted by Gasteiger charge is 2.18.